The molecular formula is C9H3F17O. The Bertz CT molecular complexity index is 489. The maximum atomic E-state index is 13.0. The molecule has 164 valence electrons. The topological polar surface area (TPSA) is 20.2 Å². The van der Waals surface area contributed by atoms with Gasteiger partial charge in [-0.25, -0.2) is 13.2 Å². The van der Waals surface area contributed by atoms with E-state index >= 15 is 0 Å². The van der Waals surface area contributed by atoms with Gasteiger partial charge >= 0.3 is 47.9 Å². The van der Waals surface area contributed by atoms with E-state index in [-0.39, 0.29) is 0 Å². The van der Waals surface area contributed by atoms with Crippen molar-refractivity contribution in [3.63, 3.8) is 0 Å². The van der Waals surface area contributed by atoms with Crippen molar-refractivity contribution in [3.8, 4) is 0 Å². The van der Waals surface area contributed by atoms with Crippen LogP contribution in [-0.2, 0) is 0 Å². The van der Waals surface area contributed by atoms with E-state index in [1.54, 1.807) is 0 Å². The molecule has 0 saturated heterocycles. The number of halogens is 17. The average molecular weight is 450 g/mol. The maximum Gasteiger partial charge on any atom is 0.385 e. The molecule has 1 N–H and O–H groups in total. The summed E-state index contributed by atoms with van der Waals surface area (Å²) in [6, 6.07) is 0. The highest BCUT2D eigenvalue weighted by molar-refractivity contribution is 5.14. The van der Waals surface area contributed by atoms with Gasteiger partial charge in [-0.2, -0.15) is 61.5 Å². The van der Waals surface area contributed by atoms with Crippen molar-refractivity contribution in [2.75, 3.05) is 0 Å². The van der Waals surface area contributed by atoms with Crippen LogP contribution < -0.4 is 0 Å². The highest BCUT2D eigenvalue weighted by atomic mass is 19.4. The molecule has 1 unspecified atom stereocenters. The maximum absolute atomic E-state index is 13.0. The normalized spacial score (nSPS) is 17.4. The van der Waals surface area contributed by atoms with Crippen LogP contribution in [0.5, 0.6) is 0 Å². The fraction of sp³-hybridized carbons (Fsp3) is 1.00. The summed E-state index contributed by atoms with van der Waals surface area (Å²) in [4.78, 5) is 0. The number of rotatable bonds is 8. The fourth-order valence-corrected chi connectivity index (χ4v) is 1.30. The van der Waals surface area contributed by atoms with Crippen molar-refractivity contribution in [1.82, 2.24) is 0 Å². The molecule has 0 amide bonds. The Morgan fingerprint density at radius 3 is 0.852 bits per heavy atom. The van der Waals surface area contributed by atoms with Gasteiger partial charge in [0.2, 0.25) is 0 Å². The molecule has 18 heteroatoms. The zero-order valence-electron chi connectivity index (χ0n) is 11.5. The first-order valence-electron chi connectivity index (χ1n) is 5.64. The molecule has 0 heterocycles. The van der Waals surface area contributed by atoms with Crippen molar-refractivity contribution < 1.29 is 79.7 Å². The zero-order chi connectivity index (χ0) is 22.7. The molecule has 0 bridgehead atoms. The van der Waals surface area contributed by atoms with Gasteiger partial charge in [-0.3, -0.25) is 0 Å². The first-order chi connectivity index (χ1) is 11.4. The Labute approximate surface area is 135 Å². The Morgan fingerprint density at radius 1 is 0.407 bits per heavy atom. The SMILES string of the molecule is OC(F)C(F)(F)C(F)(F)C(F)(F)C(F)(F)C(F)(F)C(F)(F)C(F)(F)C(F)F. The van der Waals surface area contributed by atoms with Crippen LogP contribution in [0.25, 0.3) is 0 Å². The van der Waals surface area contributed by atoms with Gasteiger partial charge in [-0.1, -0.05) is 0 Å². The van der Waals surface area contributed by atoms with E-state index in [0.717, 1.165) is 0 Å². The van der Waals surface area contributed by atoms with Crippen LogP contribution in [0.2, 0.25) is 0 Å². The van der Waals surface area contributed by atoms with Crippen LogP contribution in [0.4, 0.5) is 74.6 Å². The summed E-state index contributed by atoms with van der Waals surface area (Å²) in [6.07, 6.45) is -11.4. The molecule has 27 heavy (non-hydrogen) atoms. The Kier molecular flexibility index (Phi) is 6.11. The lowest BCUT2D eigenvalue weighted by Crippen LogP contribution is -2.74. The first kappa shape index (κ1) is 25.8. The van der Waals surface area contributed by atoms with Crippen LogP contribution >= 0.6 is 0 Å². The lowest BCUT2D eigenvalue weighted by molar-refractivity contribution is -0.453. The second-order valence-corrected chi connectivity index (χ2v) is 4.75. The van der Waals surface area contributed by atoms with Crippen molar-refractivity contribution in [2.24, 2.45) is 0 Å². The summed E-state index contributed by atoms with van der Waals surface area (Å²) < 4.78 is 214. The van der Waals surface area contributed by atoms with Crippen molar-refractivity contribution >= 4 is 0 Å². The van der Waals surface area contributed by atoms with E-state index in [1.165, 1.54) is 0 Å². The summed E-state index contributed by atoms with van der Waals surface area (Å²) in [5.41, 5.74) is 0. The highest BCUT2D eigenvalue weighted by Gasteiger charge is 2.94. The minimum Gasteiger partial charge on any atom is -0.359 e. The van der Waals surface area contributed by atoms with Crippen molar-refractivity contribution in [1.29, 1.82) is 0 Å². The Hall–Kier alpha value is -1.23. The quantitative estimate of drug-likeness (QED) is 0.518. The van der Waals surface area contributed by atoms with E-state index in [2.05, 4.69) is 0 Å². The molecule has 0 aliphatic carbocycles. The number of aliphatic hydroxyl groups is 1. The lowest BCUT2D eigenvalue weighted by atomic mass is 9.89. The van der Waals surface area contributed by atoms with Crippen LogP contribution in [0.15, 0.2) is 0 Å². The van der Waals surface area contributed by atoms with Crippen molar-refractivity contribution in [3.05, 3.63) is 0 Å². The van der Waals surface area contributed by atoms with Crippen LogP contribution in [0.1, 0.15) is 0 Å². The van der Waals surface area contributed by atoms with Gasteiger partial charge in [0.25, 0.3) is 6.36 Å². The largest absolute Gasteiger partial charge is 0.385 e. The van der Waals surface area contributed by atoms with Gasteiger partial charge in [0, 0.05) is 0 Å². The molecule has 0 fully saturated rings. The first-order valence-corrected chi connectivity index (χ1v) is 5.64. The fourth-order valence-electron chi connectivity index (χ4n) is 1.30. The summed E-state index contributed by atoms with van der Waals surface area (Å²) >= 11 is 0. The van der Waals surface area contributed by atoms with Crippen LogP contribution in [0.3, 0.4) is 0 Å². The standard InChI is InChI=1S/C9H3F17O/c10-1(11)3(13,14)5(17,18)7(21,22)9(25,26)8(23,24)6(19,20)4(15,16)2(12)27/h1-2,27H. The van der Waals surface area contributed by atoms with Gasteiger partial charge in [-0.15, -0.1) is 0 Å². The van der Waals surface area contributed by atoms with E-state index in [9.17, 15) is 74.6 Å². The summed E-state index contributed by atoms with van der Waals surface area (Å²) in [5, 5.41) is 7.58. The number of aliphatic hydroxyl groups excluding tert-OH is 1. The molecule has 0 spiro atoms. The highest BCUT2D eigenvalue weighted by Crippen LogP contribution is 2.63. The van der Waals surface area contributed by atoms with E-state index in [0.29, 0.717) is 0 Å². The number of hydrogen-bond acceptors (Lipinski definition) is 1. The van der Waals surface area contributed by atoms with Gasteiger partial charge in [0.05, 0.1) is 0 Å². The molecule has 1 atom stereocenters. The van der Waals surface area contributed by atoms with E-state index in [1.807, 2.05) is 0 Å². The molecule has 0 aromatic rings. The van der Waals surface area contributed by atoms with E-state index in [4.69, 9.17) is 5.11 Å². The van der Waals surface area contributed by atoms with E-state index < -0.39 is 54.2 Å². The minimum absolute atomic E-state index is 5.45. The Balaban J connectivity index is 6.62. The van der Waals surface area contributed by atoms with Gasteiger partial charge in [0.15, 0.2) is 0 Å². The molecule has 0 rings (SSSR count). The molecule has 0 aromatic heterocycles. The summed E-state index contributed by atoms with van der Waals surface area (Å²) in [7, 11) is 0. The molecule has 0 aliphatic heterocycles. The molecular weight excluding hydrogens is 447 g/mol. The van der Waals surface area contributed by atoms with Crippen LogP contribution in [0, 0.1) is 0 Å². The third-order valence-electron chi connectivity index (χ3n) is 2.99. The second-order valence-electron chi connectivity index (χ2n) is 4.75. The van der Waals surface area contributed by atoms with Gasteiger partial charge in [0.1, 0.15) is 0 Å². The lowest BCUT2D eigenvalue weighted by Gasteiger charge is -2.42. The van der Waals surface area contributed by atoms with Crippen LogP contribution in [-0.4, -0.2) is 59.3 Å². The molecule has 1 nitrogen and oxygen atoms in total. The summed E-state index contributed by atoms with van der Waals surface area (Å²) in [6.45, 7) is 0. The molecule has 0 saturated carbocycles. The average Bonchev–Trinajstić information content (AvgIpc) is 2.45. The second kappa shape index (κ2) is 6.40. The molecule has 0 aromatic carbocycles. The number of hydrogen-bond donors (Lipinski definition) is 1. The monoisotopic (exact) mass is 450 g/mol. The third-order valence-corrected chi connectivity index (χ3v) is 2.99. The Morgan fingerprint density at radius 2 is 0.630 bits per heavy atom. The van der Waals surface area contributed by atoms with Gasteiger partial charge in [-0.05, 0) is 0 Å². The zero-order valence-corrected chi connectivity index (χ0v) is 11.5. The third kappa shape index (κ3) is 3.06. The smallest absolute Gasteiger partial charge is 0.359 e. The predicted molar refractivity (Wildman–Crippen MR) is 47.7 cm³/mol. The molecule has 0 aliphatic rings. The predicted octanol–water partition coefficient (Wildman–Crippen LogP) is 4.99. The minimum atomic E-state index is -8.59. The summed E-state index contributed by atoms with van der Waals surface area (Å²) in [5.74, 6) is -56.7. The van der Waals surface area contributed by atoms with Gasteiger partial charge < -0.3 is 5.11 Å². The molecule has 0 radical (unpaired) electrons. The number of alkyl halides is 17. The van der Waals surface area contributed by atoms with Crippen molar-refractivity contribution in [2.45, 2.75) is 54.2 Å².